The normalized spacial score (nSPS) is 11.1. The number of nitrogens with zero attached hydrogens (tertiary/aromatic N) is 3. The minimum Gasteiger partial charge on any atom is -0.380 e. The van der Waals surface area contributed by atoms with Gasteiger partial charge in [-0.3, -0.25) is 15.5 Å². The number of ether oxygens (including phenoxy) is 1. The fraction of sp³-hybridized carbons (Fsp3) is 0.381. The van der Waals surface area contributed by atoms with Crippen LogP contribution in [0.3, 0.4) is 0 Å². The van der Waals surface area contributed by atoms with Crippen LogP contribution in [0, 0.1) is 13.8 Å². The number of aromatic nitrogens is 3. The van der Waals surface area contributed by atoms with E-state index in [9.17, 15) is 4.79 Å². The maximum atomic E-state index is 12.4. The summed E-state index contributed by atoms with van der Waals surface area (Å²) in [5.41, 5.74) is 11.2. The van der Waals surface area contributed by atoms with E-state index in [2.05, 4.69) is 40.1 Å². The monoisotopic (exact) mass is 396 g/mol. The van der Waals surface area contributed by atoms with Gasteiger partial charge in [-0.25, -0.2) is 9.78 Å². The van der Waals surface area contributed by atoms with E-state index in [0.29, 0.717) is 24.0 Å². The third-order valence-corrected chi connectivity index (χ3v) is 4.63. The van der Waals surface area contributed by atoms with Gasteiger partial charge in [0.2, 0.25) is 0 Å². The lowest BCUT2D eigenvalue weighted by molar-refractivity contribution is 0.185. The molecule has 0 unspecified atom stereocenters. The highest BCUT2D eigenvalue weighted by Crippen LogP contribution is 2.29. The Morgan fingerprint density at radius 2 is 1.97 bits per heavy atom. The lowest BCUT2D eigenvalue weighted by Crippen LogP contribution is -2.34. The summed E-state index contributed by atoms with van der Waals surface area (Å²) in [5, 5.41) is 8.36. The lowest BCUT2D eigenvalue weighted by Gasteiger charge is -2.14. The van der Waals surface area contributed by atoms with Crippen LogP contribution in [-0.4, -0.2) is 27.9 Å². The molecule has 2 amide bonds. The first-order valence-electron chi connectivity index (χ1n) is 9.55. The summed E-state index contributed by atoms with van der Waals surface area (Å²) in [6.45, 7) is 8.69. The molecule has 0 saturated heterocycles. The number of hydrogen-bond acceptors (Lipinski definition) is 5. The molecule has 0 saturated carbocycles. The number of amides is 2. The first-order valence-corrected chi connectivity index (χ1v) is 9.55. The molecule has 0 aliphatic rings. The third-order valence-electron chi connectivity index (χ3n) is 4.63. The number of hydrogen-bond donors (Lipinski definition) is 3. The number of urea groups is 1. The SMILES string of the molecule is COCc1cc(C)cc(NC(=O)NNc2cc(C(C)C)c3c(C)nn(C)c3n2)c1. The van der Waals surface area contributed by atoms with E-state index in [1.807, 2.05) is 45.2 Å². The van der Waals surface area contributed by atoms with Gasteiger partial charge in [0.15, 0.2) is 5.65 Å². The molecule has 8 nitrogen and oxygen atoms in total. The predicted octanol–water partition coefficient (Wildman–Crippen LogP) is 4.00. The summed E-state index contributed by atoms with van der Waals surface area (Å²) in [6, 6.07) is 7.38. The van der Waals surface area contributed by atoms with Gasteiger partial charge < -0.3 is 10.1 Å². The number of hydrazine groups is 1. The van der Waals surface area contributed by atoms with E-state index in [0.717, 1.165) is 33.4 Å². The third kappa shape index (κ3) is 4.65. The number of nitrogens with one attached hydrogen (secondary N) is 3. The summed E-state index contributed by atoms with van der Waals surface area (Å²) >= 11 is 0. The second-order valence-corrected chi connectivity index (χ2v) is 7.50. The quantitative estimate of drug-likeness (QED) is 0.548. The molecule has 1 aromatic carbocycles. The molecule has 0 spiro atoms. The van der Waals surface area contributed by atoms with Crippen LogP contribution in [0.2, 0.25) is 0 Å². The van der Waals surface area contributed by atoms with Gasteiger partial charge in [0.1, 0.15) is 5.82 Å². The molecule has 0 fully saturated rings. The molecule has 2 heterocycles. The van der Waals surface area contributed by atoms with Crippen molar-refractivity contribution in [3.8, 4) is 0 Å². The Morgan fingerprint density at radius 3 is 2.66 bits per heavy atom. The minimum absolute atomic E-state index is 0.296. The van der Waals surface area contributed by atoms with Gasteiger partial charge in [-0.2, -0.15) is 5.10 Å². The van der Waals surface area contributed by atoms with Crippen LogP contribution in [0.4, 0.5) is 16.3 Å². The van der Waals surface area contributed by atoms with Crippen LogP contribution in [0.1, 0.15) is 42.1 Å². The van der Waals surface area contributed by atoms with E-state index >= 15 is 0 Å². The van der Waals surface area contributed by atoms with Gasteiger partial charge in [-0.1, -0.05) is 19.9 Å². The van der Waals surface area contributed by atoms with Gasteiger partial charge in [-0.15, -0.1) is 0 Å². The van der Waals surface area contributed by atoms with E-state index in [-0.39, 0.29) is 6.03 Å². The van der Waals surface area contributed by atoms with Gasteiger partial charge in [0.25, 0.3) is 0 Å². The second kappa shape index (κ2) is 8.48. The zero-order chi connectivity index (χ0) is 21.1. The van der Waals surface area contributed by atoms with Crippen molar-refractivity contribution < 1.29 is 9.53 Å². The molecule has 0 aliphatic heterocycles. The summed E-state index contributed by atoms with van der Waals surface area (Å²) in [6.07, 6.45) is 0. The molecule has 0 bridgehead atoms. The van der Waals surface area contributed by atoms with Crippen LogP contribution in [0.5, 0.6) is 0 Å². The van der Waals surface area contributed by atoms with Crippen molar-refractivity contribution in [1.29, 1.82) is 0 Å². The average Bonchev–Trinajstić information content (AvgIpc) is 2.93. The maximum Gasteiger partial charge on any atom is 0.337 e. The maximum absolute atomic E-state index is 12.4. The Labute approximate surface area is 170 Å². The fourth-order valence-corrected chi connectivity index (χ4v) is 3.47. The molecule has 3 aromatic rings. The van der Waals surface area contributed by atoms with Gasteiger partial charge in [0, 0.05) is 25.2 Å². The zero-order valence-corrected chi connectivity index (χ0v) is 17.8. The average molecular weight is 396 g/mol. The lowest BCUT2D eigenvalue weighted by atomic mass is 10.00. The molecule has 0 radical (unpaired) electrons. The molecule has 8 heteroatoms. The van der Waals surface area contributed by atoms with Gasteiger partial charge >= 0.3 is 6.03 Å². The largest absolute Gasteiger partial charge is 0.380 e. The van der Waals surface area contributed by atoms with Crippen LogP contribution in [0.15, 0.2) is 24.3 Å². The Hall–Kier alpha value is -3.13. The smallest absolute Gasteiger partial charge is 0.337 e. The van der Waals surface area contributed by atoms with Gasteiger partial charge in [-0.05, 0) is 54.7 Å². The van der Waals surface area contributed by atoms with Crippen molar-refractivity contribution in [2.45, 2.75) is 40.2 Å². The molecule has 154 valence electrons. The number of carbonyl (C=O) groups is 1. The summed E-state index contributed by atoms with van der Waals surface area (Å²) in [5.74, 6) is 0.855. The predicted molar refractivity (Wildman–Crippen MR) is 115 cm³/mol. The number of anilines is 2. The molecule has 0 aliphatic carbocycles. The number of benzene rings is 1. The van der Waals surface area contributed by atoms with Crippen LogP contribution in [0.25, 0.3) is 11.0 Å². The highest BCUT2D eigenvalue weighted by Gasteiger charge is 2.16. The first kappa shape index (κ1) is 20.6. The number of pyridine rings is 1. The zero-order valence-electron chi connectivity index (χ0n) is 17.8. The first-order chi connectivity index (χ1) is 13.8. The standard InChI is InChI=1S/C21H28N6O2/c1-12(2)17-10-18(23-20-19(17)14(4)26-27(20)5)24-25-21(28)22-16-8-13(3)7-15(9-16)11-29-6/h7-10,12H,11H2,1-6H3,(H,23,24)(H2,22,25,28). The number of rotatable bonds is 6. The highest BCUT2D eigenvalue weighted by molar-refractivity contribution is 5.90. The fourth-order valence-electron chi connectivity index (χ4n) is 3.47. The van der Waals surface area contributed by atoms with E-state index in [1.54, 1.807) is 11.8 Å². The molecule has 3 rings (SSSR count). The molecular formula is C21H28N6O2. The number of carbonyl (C=O) groups excluding carboxylic acids is 1. The molecule has 2 aromatic heterocycles. The van der Waals surface area contributed by atoms with Crippen molar-refractivity contribution in [3.63, 3.8) is 0 Å². The molecule has 29 heavy (non-hydrogen) atoms. The van der Waals surface area contributed by atoms with E-state index in [4.69, 9.17) is 4.74 Å². The summed E-state index contributed by atoms with van der Waals surface area (Å²) in [4.78, 5) is 17.0. The van der Waals surface area contributed by atoms with Crippen molar-refractivity contribution in [1.82, 2.24) is 20.2 Å². The van der Waals surface area contributed by atoms with Crippen molar-refractivity contribution in [2.75, 3.05) is 17.9 Å². The Balaban J connectivity index is 1.75. The number of methoxy groups -OCH3 is 1. The van der Waals surface area contributed by atoms with Crippen LogP contribution in [-0.2, 0) is 18.4 Å². The minimum atomic E-state index is -0.381. The van der Waals surface area contributed by atoms with E-state index in [1.165, 1.54) is 0 Å². The Morgan fingerprint density at radius 1 is 1.21 bits per heavy atom. The summed E-state index contributed by atoms with van der Waals surface area (Å²) < 4.78 is 6.92. The molecular weight excluding hydrogens is 368 g/mol. The second-order valence-electron chi connectivity index (χ2n) is 7.50. The van der Waals surface area contributed by atoms with Crippen molar-refractivity contribution in [2.24, 2.45) is 7.05 Å². The van der Waals surface area contributed by atoms with Crippen LogP contribution >= 0.6 is 0 Å². The molecule has 0 atom stereocenters. The Bertz CT molecular complexity index is 1040. The Kier molecular flexibility index (Phi) is 6.03. The number of fused-ring (bicyclic) bond motifs is 1. The van der Waals surface area contributed by atoms with Crippen molar-refractivity contribution in [3.05, 3.63) is 46.6 Å². The highest BCUT2D eigenvalue weighted by atomic mass is 16.5. The number of aryl methyl sites for hydroxylation is 3. The van der Waals surface area contributed by atoms with Crippen LogP contribution < -0.4 is 16.2 Å². The molecule has 3 N–H and O–H groups in total. The topological polar surface area (TPSA) is 93.1 Å². The van der Waals surface area contributed by atoms with Crippen molar-refractivity contribution >= 4 is 28.6 Å². The summed E-state index contributed by atoms with van der Waals surface area (Å²) in [7, 11) is 3.51. The van der Waals surface area contributed by atoms with Gasteiger partial charge in [0.05, 0.1) is 12.3 Å². The van der Waals surface area contributed by atoms with E-state index < -0.39 is 0 Å².